The number of thioether (sulfide) groups is 1. The van der Waals surface area contributed by atoms with Crippen molar-refractivity contribution in [3.8, 4) is 5.75 Å². The van der Waals surface area contributed by atoms with Crippen LogP contribution in [0.1, 0.15) is 17.3 Å². The summed E-state index contributed by atoms with van der Waals surface area (Å²) in [7, 11) is 0. The van der Waals surface area contributed by atoms with Crippen LogP contribution in [0.4, 0.5) is 5.69 Å². The van der Waals surface area contributed by atoms with Crippen LogP contribution in [0.5, 0.6) is 5.75 Å². The maximum Gasteiger partial charge on any atom is 0.255 e. The van der Waals surface area contributed by atoms with E-state index in [1.807, 2.05) is 31.4 Å². The first kappa shape index (κ1) is 15.8. The number of hydrogen-bond acceptors (Lipinski definition) is 5. The molecule has 0 unspecified atom stereocenters. The molecule has 1 heterocycles. The van der Waals surface area contributed by atoms with Crippen molar-refractivity contribution in [2.24, 2.45) is 0 Å². The third kappa shape index (κ3) is 3.65. The van der Waals surface area contributed by atoms with Crippen LogP contribution < -0.4 is 10.1 Å². The molecule has 1 N–H and O–H groups in total. The molecule has 1 amide bonds. The number of aromatic nitrogens is 1. The Balaban J connectivity index is 1.76. The summed E-state index contributed by atoms with van der Waals surface area (Å²) in [5.74, 6) is 0.616. The van der Waals surface area contributed by atoms with Gasteiger partial charge in [-0.25, -0.2) is 4.98 Å². The average Bonchev–Trinajstić information content (AvgIpc) is 2.98. The summed E-state index contributed by atoms with van der Waals surface area (Å²) in [4.78, 5) is 16.8. The summed E-state index contributed by atoms with van der Waals surface area (Å²) in [6, 6.07) is 12.9. The predicted molar refractivity (Wildman–Crippen MR) is 97.0 cm³/mol. The van der Waals surface area contributed by atoms with E-state index < -0.39 is 0 Å². The van der Waals surface area contributed by atoms with Gasteiger partial charge < -0.3 is 10.1 Å². The number of ether oxygens (including phenoxy) is 1. The minimum Gasteiger partial charge on any atom is -0.494 e. The lowest BCUT2D eigenvalue weighted by molar-refractivity contribution is 0.102. The van der Waals surface area contributed by atoms with Gasteiger partial charge in [0, 0.05) is 11.3 Å². The lowest BCUT2D eigenvalue weighted by Crippen LogP contribution is -2.11. The molecule has 4 nitrogen and oxygen atoms in total. The number of anilines is 1. The Hall–Kier alpha value is -2.05. The highest BCUT2D eigenvalue weighted by molar-refractivity contribution is 8.00. The molecule has 0 aliphatic heterocycles. The van der Waals surface area contributed by atoms with E-state index in [4.69, 9.17) is 4.74 Å². The van der Waals surface area contributed by atoms with Crippen LogP contribution in [0.15, 0.2) is 46.8 Å². The molecule has 0 fully saturated rings. The fourth-order valence-electron chi connectivity index (χ4n) is 2.14. The van der Waals surface area contributed by atoms with Crippen LogP contribution in [-0.2, 0) is 0 Å². The first-order valence-electron chi connectivity index (χ1n) is 7.18. The van der Waals surface area contributed by atoms with Crippen molar-refractivity contribution in [2.45, 2.75) is 11.3 Å². The quantitative estimate of drug-likeness (QED) is 0.683. The van der Waals surface area contributed by atoms with E-state index in [-0.39, 0.29) is 5.91 Å². The minimum atomic E-state index is -0.146. The third-order valence-electron chi connectivity index (χ3n) is 3.23. The Morgan fingerprint density at radius 3 is 2.74 bits per heavy atom. The van der Waals surface area contributed by atoms with Crippen LogP contribution in [-0.4, -0.2) is 23.8 Å². The van der Waals surface area contributed by atoms with Gasteiger partial charge in [-0.2, -0.15) is 0 Å². The number of amides is 1. The molecule has 0 spiro atoms. The number of nitrogens with zero attached hydrogens (tertiary/aromatic N) is 1. The van der Waals surface area contributed by atoms with E-state index in [2.05, 4.69) is 10.3 Å². The maximum absolute atomic E-state index is 12.3. The van der Waals surface area contributed by atoms with Gasteiger partial charge in [0.15, 0.2) is 4.34 Å². The number of carbonyl (C=O) groups is 1. The maximum atomic E-state index is 12.3. The van der Waals surface area contributed by atoms with E-state index in [9.17, 15) is 4.79 Å². The van der Waals surface area contributed by atoms with Gasteiger partial charge >= 0.3 is 0 Å². The fraction of sp³-hybridized carbons (Fsp3) is 0.176. The van der Waals surface area contributed by atoms with Gasteiger partial charge in [-0.05, 0) is 55.6 Å². The molecule has 3 aromatic rings. The topological polar surface area (TPSA) is 51.2 Å². The average molecular weight is 344 g/mol. The Kier molecular flexibility index (Phi) is 4.83. The van der Waals surface area contributed by atoms with Crippen molar-refractivity contribution >= 4 is 44.9 Å². The summed E-state index contributed by atoms with van der Waals surface area (Å²) in [6.45, 7) is 2.54. The Morgan fingerprint density at radius 2 is 2.04 bits per heavy atom. The molecule has 23 heavy (non-hydrogen) atoms. The van der Waals surface area contributed by atoms with Crippen molar-refractivity contribution in [3.05, 3.63) is 48.0 Å². The summed E-state index contributed by atoms with van der Waals surface area (Å²) in [5, 5.41) is 2.91. The second-order valence-electron chi connectivity index (χ2n) is 4.78. The number of benzene rings is 2. The summed E-state index contributed by atoms with van der Waals surface area (Å²) < 4.78 is 7.52. The first-order valence-corrected chi connectivity index (χ1v) is 9.22. The highest BCUT2D eigenvalue weighted by Crippen LogP contribution is 2.29. The van der Waals surface area contributed by atoms with Crippen LogP contribution >= 0.6 is 23.1 Å². The van der Waals surface area contributed by atoms with Crippen LogP contribution in [0, 0.1) is 0 Å². The Bertz CT molecular complexity index is 828. The molecule has 3 rings (SSSR count). The predicted octanol–water partition coefficient (Wildman–Crippen LogP) is 4.67. The van der Waals surface area contributed by atoms with E-state index in [1.54, 1.807) is 47.4 Å². The zero-order chi connectivity index (χ0) is 16.2. The van der Waals surface area contributed by atoms with E-state index in [0.717, 1.165) is 26.0 Å². The summed E-state index contributed by atoms with van der Waals surface area (Å²) in [6.07, 6.45) is 2.01. The van der Waals surface area contributed by atoms with Gasteiger partial charge in [-0.15, -0.1) is 11.3 Å². The molecular weight excluding hydrogens is 328 g/mol. The lowest BCUT2D eigenvalue weighted by Gasteiger charge is -2.07. The van der Waals surface area contributed by atoms with Gasteiger partial charge in [0.2, 0.25) is 0 Å². The SMILES string of the molecule is CCOc1ccc(C(=O)Nc2ccc3sc(SC)nc3c2)cc1. The molecule has 6 heteroatoms. The van der Waals surface area contributed by atoms with Gasteiger partial charge in [0.1, 0.15) is 5.75 Å². The standard InChI is InChI=1S/C17H16N2O2S2/c1-3-21-13-7-4-11(5-8-13)16(20)18-12-6-9-15-14(10-12)19-17(22-2)23-15/h4-10H,3H2,1-2H3,(H,18,20). The van der Waals surface area contributed by atoms with E-state index in [1.165, 1.54) is 0 Å². The Morgan fingerprint density at radius 1 is 1.26 bits per heavy atom. The zero-order valence-electron chi connectivity index (χ0n) is 12.8. The fourth-order valence-corrected chi connectivity index (χ4v) is 3.61. The normalized spacial score (nSPS) is 10.7. The largest absolute Gasteiger partial charge is 0.494 e. The molecule has 0 bridgehead atoms. The third-order valence-corrected chi connectivity index (χ3v) is 5.25. The molecule has 0 saturated carbocycles. The first-order chi connectivity index (χ1) is 11.2. The molecule has 0 aliphatic rings. The molecule has 0 radical (unpaired) electrons. The van der Waals surface area contributed by atoms with Gasteiger partial charge in [0.25, 0.3) is 5.91 Å². The minimum absolute atomic E-state index is 0.146. The van der Waals surface area contributed by atoms with Crippen molar-refractivity contribution in [3.63, 3.8) is 0 Å². The van der Waals surface area contributed by atoms with Crippen LogP contribution in [0.3, 0.4) is 0 Å². The highest BCUT2D eigenvalue weighted by atomic mass is 32.2. The number of rotatable bonds is 5. The molecule has 1 aromatic heterocycles. The van der Waals surface area contributed by atoms with E-state index >= 15 is 0 Å². The van der Waals surface area contributed by atoms with Crippen molar-refractivity contribution in [2.75, 3.05) is 18.2 Å². The number of carbonyl (C=O) groups excluding carboxylic acids is 1. The molecule has 0 aliphatic carbocycles. The second kappa shape index (κ2) is 7.02. The molecule has 118 valence electrons. The van der Waals surface area contributed by atoms with Gasteiger partial charge in [-0.1, -0.05) is 11.8 Å². The number of fused-ring (bicyclic) bond motifs is 1. The molecule has 0 atom stereocenters. The van der Waals surface area contributed by atoms with Gasteiger partial charge in [-0.3, -0.25) is 4.79 Å². The van der Waals surface area contributed by atoms with Crippen molar-refractivity contribution in [1.82, 2.24) is 4.98 Å². The number of nitrogens with one attached hydrogen (secondary N) is 1. The van der Waals surface area contributed by atoms with Crippen LogP contribution in [0.2, 0.25) is 0 Å². The summed E-state index contributed by atoms with van der Waals surface area (Å²) >= 11 is 3.28. The second-order valence-corrected chi connectivity index (χ2v) is 6.86. The van der Waals surface area contributed by atoms with Crippen LogP contribution in [0.25, 0.3) is 10.2 Å². The number of hydrogen-bond donors (Lipinski definition) is 1. The molecule has 2 aromatic carbocycles. The monoisotopic (exact) mass is 344 g/mol. The zero-order valence-corrected chi connectivity index (χ0v) is 14.5. The molecule has 0 saturated heterocycles. The molecular formula is C17H16N2O2S2. The summed E-state index contributed by atoms with van der Waals surface area (Å²) in [5.41, 5.74) is 2.25. The number of thiazole rings is 1. The van der Waals surface area contributed by atoms with Crippen molar-refractivity contribution in [1.29, 1.82) is 0 Å². The highest BCUT2D eigenvalue weighted by Gasteiger charge is 2.08. The van der Waals surface area contributed by atoms with Crippen molar-refractivity contribution < 1.29 is 9.53 Å². The van der Waals surface area contributed by atoms with Gasteiger partial charge in [0.05, 0.1) is 16.8 Å². The Labute approximate surface area is 142 Å². The smallest absolute Gasteiger partial charge is 0.255 e. The van der Waals surface area contributed by atoms with E-state index in [0.29, 0.717) is 12.2 Å². The lowest BCUT2D eigenvalue weighted by atomic mass is 10.2.